The van der Waals surface area contributed by atoms with Gasteiger partial charge in [-0.15, -0.1) is 0 Å². The molecule has 3 aromatic heterocycles. The number of benzene rings is 1. The Kier molecular flexibility index (Phi) is 8.74. The number of aryl methyl sites for hydroxylation is 2. The van der Waals surface area contributed by atoms with Crippen LogP contribution < -0.4 is 10.1 Å². The van der Waals surface area contributed by atoms with Crippen LogP contribution in [0.1, 0.15) is 45.1 Å². The number of rotatable bonds is 10. The maximum Gasteiger partial charge on any atom is 0.395 e. The van der Waals surface area contributed by atoms with Crippen LogP contribution in [0.3, 0.4) is 0 Å². The number of nitrogens with zero attached hydrogens (tertiary/aromatic N) is 8. The Balaban J connectivity index is 1.65. The molecule has 14 nitrogen and oxygen atoms in total. The van der Waals surface area contributed by atoms with Gasteiger partial charge in [-0.3, -0.25) is 4.68 Å². The number of aromatic nitrogens is 6. The van der Waals surface area contributed by atoms with E-state index in [2.05, 4.69) is 15.4 Å². The Morgan fingerprint density at radius 3 is 2.56 bits per heavy atom. The highest BCUT2D eigenvalue weighted by Crippen LogP contribution is 2.43. The largest absolute Gasteiger partial charge is 0.493 e. The molecule has 4 aromatic rings. The molecule has 0 amide bonds. The molecular weight excluding hydrogens is 594 g/mol. The molecule has 1 fully saturated rings. The lowest BCUT2D eigenvalue weighted by Crippen LogP contribution is -2.55. The van der Waals surface area contributed by atoms with Crippen molar-refractivity contribution in [3.63, 3.8) is 0 Å². The lowest BCUT2D eigenvalue weighted by molar-refractivity contribution is -0.392. The predicted octanol–water partition coefficient (Wildman–Crippen LogP) is 3.69. The maximum absolute atomic E-state index is 13.8. The Morgan fingerprint density at radius 1 is 1.19 bits per heavy atom. The van der Waals surface area contributed by atoms with E-state index in [9.17, 15) is 18.5 Å². The Labute approximate surface area is 254 Å². The Morgan fingerprint density at radius 2 is 1.91 bits per heavy atom. The summed E-state index contributed by atoms with van der Waals surface area (Å²) in [4.78, 5) is 25.0. The number of nitro groups is 1. The fourth-order valence-electron chi connectivity index (χ4n) is 5.34. The third-order valence-corrected chi connectivity index (χ3v) is 10.6. The molecule has 16 heteroatoms. The predicted molar refractivity (Wildman–Crippen MR) is 162 cm³/mol. The topological polar surface area (TPSA) is 163 Å². The van der Waals surface area contributed by atoms with Gasteiger partial charge in [0.15, 0.2) is 10.9 Å². The first-order chi connectivity index (χ1) is 20.4. The molecule has 0 saturated carbocycles. The normalized spacial score (nSPS) is 18.7. The molecule has 3 unspecified atom stereocenters. The first-order valence-electron chi connectivity index (χ1n) is 14.0. The Bertz CT molecular complexity index is 1760. The highest BCUT2D eigenvalue weighted by molar-refractivity contribution is 7.99. The van der Waals surface area contributed by atoms with E-state index < -0.39 is 14.9 Å². The van der Waals surface area contributed by atoms with Crippen LogP contribution in [-0.4, -0.2) is 78.7 Å². The molecule has 4 heterocycles. The van der Waals surface area contributed by atoms with Gasteiger partial charge in [0, 0.05) is 39.3 Å². The monoisotopic (exact) mass is 629 g/mol. The van der Waals surface area contributed by atoms with E-state index in [-0.39, 0.29) is 33.9 Å². The van der Waals surface area contributed by atoms with E-state index in [0.29, 0.717) is 59.2 Å². The van der Waals surface area contributed by atoms with Gasteiger partial charge < -0.3 is 24.7 Å². The number of sulfonamides is 1. The Hall–Kier alpha value is -3.60. The minimum Gasteiger partial charge on any atom is -0.493 e. The molecule has 5 rings (SSSR count). The van der Waals surface area contributed by atoms with Crippen molar-refractivity contribution in [1.82, 2.24) is 38.9 Å². The summed E-state index contributed by atoms with van der Waals surface area (Å²) >= 11 is 1.29. The van der Waals surface area contributed by atoms with Crippen LogP contribution in [0.25, 0.3) is 22.4 Å². The average Bonchev–Trinajstić information content (AvgIpc) is 3.52. The van der Waals surface area contributed by atoms with Crippen LogP contribution in [0.4, 0.5) is 5.82 Å². The van der Waals surface area contributed by atoms with Crippen LogP contribution in [0.15, 0.2) is 40.6 Å². The lowest BCUT2D eigenvalue weighted by atomic mass is 10.1. The number of thioether (sulfide) groups is 1. The molecule has 1 aliphatic rings. The summed E-state index contributed by atoms with van der Waals surface area (Å²) in [6, 6.07) is 4.79. The lowest BCUT2D eigenvalue weighted by Gasteiger charge is -2.35. The number of nitrogens with one attached hydrogen (secondary N) is 1. The van der Waals surface area contributed by atoms with Gasteiger partial charge in [0.1, 0.15) is 16.8 Å². The van der Waals surface area contributed by atoms with Crippen molar-refractivity contribution in [2.75, 3.05) is 19.7 Å². The second kappa shape index (κ2) is 12.2. The van der Waals surface area contributed by atoms with E-state index in [0.717, 1.165) is 0 Å². The van der Waals surface area contributed by atoms with E-state index >= 15 is 0 Å². The maximum atomic E-state index is 13.8. The van der Waals surface area contributed by atoms with Crippen molar-refractivity contribution in [2.45, 2.75) is 61.4 Å². The highest BCUT2D eigenvalue weighted by atomic mass is 32.2. The van der Waals surface area contributed by atoms with E-state index in [1.807, 2.05) is 27.7 Å². The molecule has 1 aromatic carbocycles. The van der Waals surface area contributed by atoms with E-state index in [4.69, 9.17) is 14.7 Å². The fourth-order valence-corrected chi connectivity index (χ4v) is 8.14. The smallest absolute Gasteiger partial charge is 0.395 e. The molecule has 0 radical (unpaired) electrons. The van der Waals surface area contributed by atoms with Crippen molar-refractivity contribution in [3.05, 3.63) is 46.5 Å². The second-order valence-corrected chi connectivity index (χ2v) is 13.7. The average molecular weight is 630 g/mol. The van der Waals surface area contributed by atoms with Gasteiger partial charge in [-0.2, -0.15) is 9.40 Å². The summed E-state index contributed by atoms with van der Waals surface area (Å²) in [5.74, 6) is 0.492. The molecule has 43 heavy (non-hydrogen) atoms. The van der Waals surface area contributed by atoms with Crippen LogP contribution in [0.2, 0.25) is 0 Å². The molecule has 3 atom stereocenters. The summed E-state index contributed by atoms with van der Waals surface area (Å²) in [6.45, 7) is 8.80. The zero-order chi connectivity index (χ0) is 31.1. The number of ether oxygens (including phenoxy) is 1. The van der Waals surface area contributed by atoms with Gasteiger partial charge in [-0.05, 0) is 55.3 Å². The molecular formula is C27H35N9O5S2. The van der Waals surface area contributed by atoms with Gasteiger partial charge in [0.25, 0.3) is 0 Å². The number of hydrogen-bond donors (Lipinski definition) is 1. The number of fused-ring (bicyclic) bond motifs is 1. The first-order valence-corrected chi connectivity index (χ1v) is 16.3. The zero-order valence-corrected chi connectivity index (χ0v) is 26.5. The number of piperazine rings is 1. The zero-order valence-electron chi connectivity index (χ0n) is 24.9. The summed E-state index contributed by atoms with van der Waals surface area (Å²) in [6.07, 6.45) is 3.62. The number of imidazole rings is 1. The first kappa shape index (κ1) is 30.8. The van der Waals surface area contributed by atoms with Gasteiger partial charge in [-0.25, -0.2) is 18.4 Å². The third-order valence-electron chi connectivity index (χ3n) is 7.24. The summed E-state index contributed by atoms with van der Waals surface area (Å²) < 4.78 is 38.3. The molecule has 0 aliphatic carbocycles. The van der Waals surface area contributed by atoms with Crippen LogP contribution in [0, 0.1) is 10.1 Å². The summed E-state index contributed by atoms with van der Waals surface area (Å²) in [7, 11) is -0.330. The molecule has 1 aliphatic heterocycles. The third kappa shape index (κ3) is 5.96. The molecule has 1 N–H and O–H groups in total. The van der Waals surface area contributed by atoms with Gasteiger partial charge >= 0.3 is 5.82 Å². The molecule has 0 bridgehead atoms. The quantitative estimate of drug-likeness (QED) is 0.155. The summed E-state index contributed by atoms with van der Waals surface area (Å²) in [5, 5.41) is 19.5. The van der Waals surface area contributed by atoms with Crippen molar-refractivity contribution in [2.24, 2.45) is 14.1 Å². The van der Waals surface area contributed by atoms with Crippen molar-refractivity contribution < 1.29 is 18.1 Å². The van der Waals surface area contributed by atoms with Gasteiger partial charge in [0.2, 0.25) is 16.4 Å². The van der Waals surface area contributed by atoms with E-state index in [1.54, 1.807) is 47.7 Å². The van der Waals surface area contributed by atoms with Gasteiger partial charge in [-0.1, -0.05) is 18.7 Å². The van der Waals surface area contributed by atoms with Gasteiger partial charge in [0.05, 0.1) is 34.2 Å². The van der Waals surface area contributed by atoms with Crippen LogP contribution in [0.5, 0.6) is 5.75 Å². The van der Waals surface area contributed by atoms with Crippen LogP contribution in [-0.2, 0) is 24.1 Å². The molecule has 230 valence electrons. The standard InChI is InChI=1S/C27H35N9O5S2/c1-7-22(42-27-26(36(37)38)28-15-33(27)5)23-24-20(12-29-34(24)6)31-25(32-23)19-11-18(9-10-21(19)41-8-2)43(39,40)35-13-16(3)30-17(4)14-35/h9-12,15-17,22,30H,7-8,13-14H2,1-6H3. The van der Waals surface area contributed by atoms with Crippen LogP contribution >= 0.6 is 11.8 Å². The fraction of sp³-hybridized carbons (Fsp3) is 0.481. The SMILES string of the molecule is CCOc1ccc(S(=O)(=O)N2CC(C)NC(C)C2)cc1-c1nc(C(CC)Sc2c([N+](=O)[O-])ncn2C)c2c(cnn2C)n1. The van der Waals surface area contributed by atoms with Crippen molar-refractivity contribution in [3.8, 4) is 17.1 Å². The highest BCUT2D eigenvalue weighted by Gasteiger charge is 2.33. The number of hydrogen-bond acceptors (Lipinski definition) is 11. The van der Waals surface area contributed by atoms with E-state index in [1.165, 1.54) is 22.4 Å². The summed E-state index contributed by atoms with van der Waals surface area (Å²) in [5.41, 5.74) is 2.28. The molecule has 0 spiro atoms. The minimum atomic E-state index is -3.82. The minimum absolute atomic E-state index is 0.0123. The second-order valence-electron chi connectivity index (χ2n) is 10.6. The van der Waals surface area contributed by atoms with Crippen molar-refractivity contribution in [1.29, 1.82) is 0 Å². The van der Waals surface area contributed by atoms with Crippen molar-refractivity contribution >= 4 is 38.6 Å². The molecule has 1 saturated heterocycles.